The molecule has 0 N–H and O–H groups in total. The van der Waals surface area contributed by atoms with Crippen LogP contribution in [0.4, 0.5) is 0 Å². The van der Waals surface area contributed by atoms with Crippen LogP contribution in [0.1, 0.15) is 69.0 Å². The second-order valence-electron chi connectivity index (χ2n) is 7.72. The van der Waals surface area contributed by atoms with Crippen molar-refractivity contribution in [3.8, 4) is 0 Å². The Balaban J connectivity index is 1.63. The fourth-order valence-electron chi connectivity index (χ4n) is 4.21. The molecule has 0 spiro atoms. The van der Waals surface area contributed by atoms with Gasteiger partial charge < -0.3 is 9.15 Å². The summed E-state index contributed by atoms with van der Waals surface area (Å²) in [6.07, 6.45) is 5.88. The maximum atomic E-state index is 13.0. The van der Waals surface area contributed by atoms with Crippen molar-refractivity contribution >= 4 is 5.97 Å². The van der Waals surface area contributed by atoms with E-state index in [1.807, 2.05) is 30.3 Å². The highest BCUT2D eigenvalue weighted by molar-refractivity contribution is 5.78. The van der Waals surface area contributed by atoms with E-state index in [0.717, 1.165) is 43.8 Å². The highest BCUT2D eigenvalue weighted by Gasteiger charge is 2.32. The monoisotopic (exact) mass is 383 g/mol. The van der Waals surface area contributed by atoms with E-state index in [1.54, 1.807) is 0 Å². The molecule has 28 heavy (non-hydrogen) atoms. The van der Waals surface area contributed by atoms with Gasteiger partial charge in [-0.1, -0.05) is 63.4 Å². The Morgan fingerprint density at radius 2 is 1.71 bits per heavy atom. The van der Waals surface area contributed by atoms with Gasteiger partial charge in [-0.2, -0.15) is 0 Å². The number of carbonyl (C=O) groups excluding carboxylic acids is 1. The molecule has 2 aromatic rings. The third-order valence-corrected chi connectivity index (χ3v) is 5.88. The van der Waals surface area contributed by atoms with Gasteiger partial charge in [0.05, 0.1) is 12.5 Å². The second-order valence-corrected chi connectivity index (χ2v) is 7.72. The van der Waals surface area contributed by atoms with Crippen LogP contribution in [0.25, 0.3) is 0 Å². The molecule has 1 aromatic heterocycles. The smallest absolute Gasteiger partial charge is 0.314 e. The molecule has 0 amide bonds. The molecule has 0 saturated heterocycles. The Hall–Kier alpha value is -2.07. The van der Waals surface area contributed by atoms with E-state index in [2.05, 4.69) is 30.9 Å². The van der Waals surface area contributed by atoms with Crippen LogP contribution in [0, 0.1) is 5.92 Å². The van der Waals surface area contributed by atoms with Crippen LogP contribution in [-0.4, -0.2) is 24.0 Å². The van der Waals surface area contributed by atoms with Gasteiger partial charge in [0.25, 0.3) is 0 Å². The molecule has 1 aliphatic rings. The fourth-order valence-corrected chi connectivity index (χ4v) is 4.21. The summed E-state index contributed by atoms with van der Waals surface area (Å²) in [5.41, 5.74) is 1.07. The molecule has 4 nitrogen and oxygen atoms in total. The predicted octanol–water partition coefficient (Wildman–Crippen LogP) is 5.53. The van der Waals surface area contributed by atoms with E-state index in [4.69, 9.17) is 9.15 Å². The molecule has 0 unspecified atom stereocenters. The van der Waals surface area contributed by atoms with Crippen LogP contribution in [-0.2, 0) is 22.7 Å². The molecule has 0 aliphatic heterocycles. The average molecular weight is 384 g/mol. The minimum absolute atomic E-state index is 0.125. The number of carbonyl (C=O) groups is 1. The molecular formula is C24H33NO3. The van der Waals surface area contributed by atoms with Crippen LogP contribution < -0.4 is 0 Å². The summed E-state index contributed by atoms with van der Waals surface area (Å²) in [7, 11) is 0. The van der Waals surface area contributed by atoms with Crippen LogP contribution >= 0.6 is 0 Å². The van der Waals surface area contributed by atoms with Gasteiger partial charge in [-0.05, 0) is 49.5 Å². The molecule has 0 bridgehead atoms. The molecule has 1 fully saturated rings. The van der Waals surface area contributed by atoms with E-state index in [9.17, 15) is 4.79 Å². The Kier molecular flexibility index (Phi) is 7.72. The summed E-state index contributed by atoms with van der Waals surface area (Å²) < 4.78 is 11.6. The van der Waals surface area contributed by atoms with Crippen LogP contribution in [0.3, 0.4) is 0 Å². The summed E-state index contributed by atoms with van der Waals surface area (Å²) in [6, 6.07) is 14.0. The van der Waals surface area contributed by atoms with Gasteiger partial charge in [0.2, 0.25) is 0 Å². The van der Waals surface area contributed by atoms with Crippen molar-refractivity contribution in [2.75, 3.05) is 13.1 Å². The lowest BCUT2D eigenvalue weighted by atomic mass is 9.77. The van der Waals surface area contributed by atoms with E-state index >= 15 is 0 Å². The van der Waals surface area contributed by atoms with Gasteiger partial charge >= 0.3 is 5.97 Å². The minimum atomic E-state index is -0.174. The number of esters is 1. The lowest BCUT2D eigenvalue weighted by Crippen LogP contribution is -2.25. The maximum absolute atomic E-state index is 13.0. The van der Waals surface area contributed by atoms with E-state index in [0.29, 0.717) is 11.7 Å². The normalized spacial score (nSPS) is 16.2. The van der Waals surface area contributed by atoms with Gasteiger partial charge in [-0.3, -0.25) is 9.69 Å². The average Bonchev–Trinajstić information content (AvgIpc) is 3.20. The van der Waals surface area contributed by atoms with Gasteiger partial charge in [-0.25, -0.2) is 0 Å². The van der Waals surface area contributed by atoms with Crippen molar-refractivity contribution in [1.29, 1.82) is 0 Å². The number of benzene rings is 1. The molecule has 1 heterocycles. The third kappa shape index (κ3) is 5.48. The quantitative estimate of drug-likeness (QED) is 0.534. The largest absolute Gasteiger partial charge is 0.461 e. The summed E-state index contributed by atoms with van der Waals surface area (Å²) in [6.45, 7) is 7.25. The third-order valence-electron chi connectivity index (χ3n) is 5.88. The first-order chi connectivity index (χ1) is 13.7. The van der Waals surface area contributed by atoms with E-state index in [1.165, 1.54) is 19.3 Å². The highest BCUT2D eigenvalue weighted by Crippen LogP contribution is 2.37. The van der Waals surface area contributed by atoms with Crippen LogP contribution in [0.5, 0.6) is 0 Å². The zero-order valence-electron chi connectivity index (χ0n) is 17.2. The number of nitrogens with zero attached hydrogens (tertiary/aromatic N) is 1. The summed E-state index contributed by atoms with van der Waals surface area (Å²) in [5, 5.41) is 0. The summed E-state index contributed by atoms with van der Waals surface area (Å²) in [4.78, 5) is 15.3. The second kappa shape index (κ2) is 10.5. The van der Waals surface area contributed by atoms with E-state index < -0.39 is 0 Å². The standard InChI is InChI=1S/C24H33NO3/c1-3-25(4-2)17-21-15-16-22(28-21)18-27-24(26)23(19-11-7-5-8-12-19)20-13-9-6-10-14-20/h5,7-8,11-12,15-16,20,23H,3-4,6,9-10,13-14,17-18H2,1-2H3/t23-/m1/s1. The summed E-state index contributed by atoms with van der Waals surface area (Å²) >= 11 is 0. The SMILES string of the molecule is CCN(CC)Cc1ccc(COC(=O)[C@H](c2ccccc2)C2CCCCC2)o1. The summed E-state index contributed by atoms with van der Waals surface area (Å²) in [5.74, 6) is 1.71. The Labute approximate surface area is 168 Å². The molecule has 1 aromatic carbocycles. The van der Waals surface area contributed by atoms with Crippen LogP contribution in [0.15, 0.2) is 46.9 Å². The fraction of sp³-hybridized carbons (Fsp3) is 0.542. The number of furan rings is 1. The first-order valence-corrected chi connectivity index (χ1v) is 10.7. The molecular weight excluding hydrogens is 350 g/mol. The lowest BCUT2D eigenvalue weighted by Gasteiger charge is -2.29. The van der Waals surface area contributed by atoms with Crippen molar-refractivity contribution in [1.82, 2.24) is 4.90 Å². The number of rotatable bonds is 9. The van der Waals surface area contributed by atoms with E-state index in [-0.39, 0.29) is 18.5 Å². The van der Waals surface area contributed by atoms with Gasteiger partial charge in [-0.15, -0.1) is 0 Å². The highest BCUT2D eigenvalue weighted by atomic mass is 16.5. The topological polar surface area (TPSA) is 42.7 Å². The van der Waals surface area contributed by atoms with Gasteiger partial charge in [0, 0.05) is 0 Å². The maximum Gasteiger partial charge on any atom is 0.314 e. The van der Waals surface area contributed by atoms with Gasteiger partial charge in [0.1, 0.15) is 18.1 Å². The molecule has 1 atom stereocenters. The van der Waals surface area contributed by atoms with Crippen molar-refractivity contribution in [3.63, 3.8) is 0 Å². The number of hydrogen-bond acceptors (Lipinski definition) is 4. The molecule has 1 aliphatic carbocycles. The van der Waals surface area contributed by atoms with Crippen molar-refractivity contribution in [2.45, 2.75) is 65.0 Å². The number of hydrogen-bond donors (Lipinski definition) is 0. The lowest BCUT2D eigenvalue weighted by molar-refractivity contribution is -0.149. The minimum Gasteiger partial charge on any atom is -0.461 e. The van der Waals surface area contributed by atoms with Crippen molar-refractivity contribution in [2.24, 2.45) is 5.92 Å². The molecule has 0 radical (unpaired) electrons. The Morgan fingerprint density at radius 3 is 2.39 bits per heavy atom. The first-order valence-electron chi connectivity index (χ1n) is 10.7. The molecule has 1 saturated carbocycles. The van der Waals surface area contributed by atoms with Gasteiger partial charge in [0.15, 0.2) is 0 Å². The predicted molar refractivity (Wildman–Crippen MR) is 111 cm³/mol. The molecule has 152 valence electrons. The Morgan fingerprint density at radius 1 is 1.04 bits per heavy atom. The first kappa shape index (κ1) is 20.7. The van der Waals surface area contributed by atoms with Crippen molar-refractivity contribution in [3.05, 3.63) is 59.5 Å². The Bertz CT molecular complexity index is 714. The zero-order chi connectivity index (χ0) is 19.8. The molecule has 3 rings (SSSR count). The van der Waals surface area contributed by atoms with Crippen molar-refractivity contribution < 1.29 is 13.9 Å². The number of ether oxygens (including phenoxy) is 1. The molecule has 4 heteroatoms. The van der Waals surface area contributed by atoms with Crippen LogP contribution in [0.2, 0.25) is 0 Å². The zero-order valence-corrected chi connectivity index (χ0v) is 17.2.